The summed E-state index contributed by atoms with van der Waals surface area (Å²) in [5, 5.41) is 9.91. The minimum absolute atomic E-state index is 0.0414. The molecule has 0 fully saturated rings. The lowest BCUT2D eigenvalue weighted by Gasteiger charge is -2.13. The van der Waals surface area contributed by atoms with Crippen LogP contribution in [0.2, 0.25) is 0 Å². The number of hydrogen-bond acceptors (Lipinski definition) is 2. The predicted octanol–water partition coefficient (Wildman–Crippen LogP) is 2.60. The second-order valence-electron chi connectivity index (χ2n) is 4.13. The molecule has 6 heteroatoms. The number of aliphatic hydroxyl groups is 1. The highest BCUT2D eigenvalue weighted by atomic mass is 19.1. The van der Waals surface area contributed by atoms with Gasteiger partial charge in [-0.15, -0.1) is 0 Å². The number of aliphatic hydroxyl groups excluding tert-OH is 1. The summed E-state index contributed by atoms with van der Waals surface area (Å²) in [6.45, 7) is 2.52. The fraction of sp³-hybridized carbons (Fsp3) is 0.308. The Morgan fingerprint density at radius 1 is 1.26 bits per heavy atom. The third kappa shape index (κ3) is 2.78. The largest absolute Gasteiger partial charge is 0.388 e. The second kappa shape index (κ2) is 5.44. The third-order valence-electron chi connectivity index (χ3n) is 2.90. The molecule has 0 aliphatic carbocycles. The van der Waals surface area contributed by atoms with Crippen molar-refractivity contribution in [3.63, 3.8) is 0 Å². The van der Waals surface area contributed by atoms with Crippen LogP contribution in [0.4, 0.5) is 13.2 Å². The van der Waals surface area contributed by atoms with Gasteiger partial charge >= 0.3 is 0 Å². The summed E-state index contributed by atoms with van der Waals surface area (Å²) < 4.78 is 41.6. The standard InChI is InChI=1S/C13H13F3N2O/c1-2-18-4-3-17-12(18)7-11(19)13-9(15)5-8(14)6-10(13)16/h3-6,11,19H,2,7H2,1H3. The highest BCUT2D eigenvalue weighted by molar-refractivity contribution is 5.24. The van der Waals surface area contributed by atoms with Gasteiger partial charge in [0.25, 0.3) is 0 Å². The SMILES string of the molecule is CCn1ccnc1CC(O)c1c(F)cc(F)cc1F. The van der Waals surface area contributed by atoms with Gasteiger partial charge < -0.3 is 9.67 Å². The molecule has 2 rings (SSSR count). The molecule has 0 spiro atoms. The monoisotopic (exact) mass is 270 g/mol. The van der Waals surface area contributed by atoms with Crippen molar-refractivity contribution >= 4 is 0 Å². The first-order chi connectivity index (χ1) is 9.02. The molecule has 0 bridgehead atoms. The zero-order chi connectivity index (χ0) is 14.0. The number of benzene rings is 1. The van der Waals surface area contributed by atoms with E-state index in [1.54, 1.807) is 17.0 Å². The van der Waals surface area contributed by atoms with Gasteiger partial charge in [-0.3, -0.25) is 0 Å². The molecule has 1 unspecified atom stereocenters. The van der Waals surface area contributed by atoms with E-state index in [0.29, 0.717) is 24.5 Å². The van der Waals surface area contributed by atoms with E-state index in [1.807, 2.05) is 6.92 Å². The molecular formula is C13H13F3N2O. The molecule has 0 saturated heterocycles. The fourth-order valence-corrected chi connectivity index (χ4v) is 1.96. The minimum atomic E-state index is -1.41. The number of imidazole rings is 1. The average Bonchev–Trinajstić information content (AvgIpc) is 2.74. The second-order valence-corrected chi connectivity index (χ2v) is 4.13. The molecule has 0 aliphatic rings. The third-order valence-corrected chi connectivity index (χ3v) is 2.90. The molecule has 0 radical (unpaired) electrons. The van der Waals surface area contributed by atoms with Crippen LogP contribution in [0.15, 0.2) is 24.5 Å². The molecule has 0 amide bonds. The topological polar surface area (TPSA) is 38.0 Å². The van der Waals surface area contributed by atoms with Gasteiger partial charge in [0, 0.05) is 37.5 Å². The summed E-state index contributed by atoms with van der Waals surface area (Å²) in [6.07, 6.45) is 1.80. The number of nitrogens with zero attached hydrogens (tertiary/aromatic N) is 2. The summed E-state index contributed by atoms with van der Waals surface area (Å²) in [5.74, 6) is -2.70. The summed E-state index contributed by atoms with van der Waals surface area (Å²) in [6, 6.07) is 1.10. The van der Waals surface area contributed by atoms with Crippen LogP contribution in [0.1, 0.15) is 24.4 Å². The van der Waals surface area contributed by atoms with Crippen LogP contribution in [0.25, 0.3) is 0 Å². The number of aromatic nitrogens is 2. The Hall–Kier alpha value is -1.82. The number of halogens is 3. The van der Waals surface area contributed by atoms with Crippen molar-refractivity contribution in [2.45, 2.75) is 26.0 Å². The zero-order valence-electron chi connectivity index (χ0n) is 10.3. The molecule has 1 N–H and O–H groups in total. The van der Waals surface area contributed by atoms with Gasteiger partial charge in [0.15, 0.2) is 0 Å². The van der Waals surface area contributed by atoms with Gasteiger partial charge in [-0.05, 0) is 6.92 Å². The maximum atomic E-state index is 13.5. The molecule has 1 atom stereocenters. The van der Waals surface area contributed by atoms with Crippen LogP contribution in [-0.4, -0.2) is 14.7 Å². The van der Waals surface area contributed by atoms with Crippen molar-refractivity contribution in [3.05, 3.63) is 53.4 Å². The van der Waals surface area contributed by atoms with E-state index < -0.39 is 29.1 Å². The van der Waals surface area contributed by atoms with Gasteiger partial charge in [-0.2, -0.15) is 0 Å². The van der Waals surface area contributed by atoms with Crippen molar-refractivity contribution in [2.75, 3.05) is 0 Å². The van der Waals surface area contributed by atoms with Gasteiger partial charge in [0.2, 0.25) is 0 Å². The van der Waals surface area contributed by atoms with Crippen molar-refractivity contribution in [3.8, 4) is 0 Å². The molecule has 1 heterocycles. The lowest BCUT2D eigenvalue weighted by molar-refractivity contribution is 0.164. The highest BCUT2D eigenvalue weighted by Crippen LogP contribution is 2.24. The molecule has 1 aromatic heterocycles. The Morgan fingerprint density at radius 3 is 2.47 bits per heavy atom. The summed E-state index contributed by atoms with van der Waals surface area (Å²) in [7, 11) is 0. The van der Waals surface area contributed by atoms with Crippen molar-refractivity contribution in [2.24, 2.45) is 0 Å². The first kappa shape index (κ1) is 13.6. The molecule has 1 aromatic carbocycles. The Labute approximate surface area is 108 Å². The van der Waals surface area contributed by atoms with Gasteiger partial charge in [-0.25, -0.2) is 18.2 Å². The van der Waals surface area contributed by atoms with E-state index >= 15 is 0 Å². The first-order valence-corrected chi connectivity index (χ1v) is 5.85. The van der Waals surface area contributed by atoms with Crippen molar-refractivity contribution in [1.82, 2.24) is 9.55 Å². The minimum Gasteiger partial charge on any atom is -0.388 e. The van der Waals surface area contributed by atoms with Crippen molar-refractivity contribution < 1.29 is 18.3 Å². The van der Waals surface area contributed by atoms with E-state index in [0.717, 1.165) is 0 Å². The van der Waals surface area contributed by atoms with Gasteiger partial charge in [0.05, 0.1) is 11.7 Å². The Bertz CT molecular complexity index is 560. The van der Waals surface area contributed by atoms with Crippen LogP contribution in [0, 0.1) is 17.5 Å². The Kier molecular flexibility index (Phi) is 3.90. The number of aryl methyl sites for hydroxylation is 1. The van der Waals surface area contributed by atoms with E-state index in [4.69, 9.17) is 0 Å². The quantitative estimate of drug-likeness (QED) is 0.927. The van der Waals surface area contributed by atoms with E-state index in [9.17, 15) is 18.3 Å². The van der Waals surface area contributed by atoms with Gasteiger partial charge in [0.1, 0.15) is 23.3 Å². The van der Waals surface area contributed by atoms with E-state index in [-0.39, 0.29) is 6.42 Å². The van der Waals surface area contributed by atoms with Crippen LogP contribution in [0.5, 0.6) is 0 Å². The molecule has 102 valence electrons. The molecule has 0 aliphatic heterocycles. The predicted molar refractivity (Wildman–Crippen MR) is 62.9 cm³/mol. The lowest BCUT2D eigenvalue weighted by Crippen LogP contribution is -2.11. The molecule has 2 aromatic rings. The maximum Gasteiger partial charge on any atom is 0.134 e. The Balaban J connectivity index is 2.28. The van der Waals surface area contributed by atoms with Crippen LogP contribution >= 0.6 is 0 Å². The smallest absolute Gasteiger partial charge is 0.134 e. The highest BCUT2D eigenvalue weighted by Gasteiger charge is 2.21. The maximum absolute atomic E-state index is 13.5. The summed E-state index contributed by atoms with van der Waals surface area (Å²) >= 11 is 0. The zero-order valence-corrected chi connectivity index (χ0v) is 10.3. The Morgan fingerprint density at radius 2 is 1.89 bits per heavy atom. The van der Waals surface area contributed by atoms with Crippen LogP contribution in [0.3, 0.4) is 0 Å². The molecular weight excluding hydrogens is 257 g/mol. The summed E-state index contributed by atoms with van der Waals surface area (Å²) in [4.78, 5) is 4.01. The van der Waals surface area contributed by atoms with E-state index in [1.165, 1.54) is 0 Å². The van der Waals surface area contributed by atoms with Gasteiger partial charge in [-0.1, -0.05) is 0 Å². The molecule has 0 saturated carbocycles. The lowest BCUT2D eigenvalue weighted by atomic mass is 10.0. The fourth-order valence-electron chi connectivity index (χ4n) is 1.96. The normalized spacial score (nSPS) is 12.7. The van der Waals surface area contributed by atoms with Crippen LogP contribution < -0.4 is 0 Å². The number of hydrogen-bond donors (Lipinski definition) is 1. The summed E-state index contributed by atoms with van der Waals surface area (Å²) in [5.41, 5.74) is -0.535. The molecule has 3 nitrogen and oxygen atoms in total. The average molecular weight is 270 g/mol. The van der Waals surface area contributed by atoms with E-state index in [2.05, 4.69) is 4.98 Å². The van der Waals surface area contributed by atoms with Crippen molar-refractivity contribution in [1.29, 1.82) is 0 Å². The molecule has 19 heavy (non-hydrogen) atoms. The first-order valence-electron chi connectivity index (χ1n) is 5.85. The number of rotatable bonds is 4. The van der Waals surface area contributed by atoms with Crippen LogP contribution in [-0.2, 0) is 13.0 Å².